The zero-order valence-corrected chi connectivity index (χ0v) is 14.7. The Kier molecular flexibility index (Phi) is 6.65. The normalized spacial score (nSPS) is 12.0. The number of alkyl halides is 1. The maximum atomic E-state index is 11.5. The molecule has 0 amide bonds. The van der Waals surface area contributed by atoms with Crippen LogP contribution in [0.4, 0.5) is 0 Å². The summed E-state index contributed by atoms with van der Waals surface area (Å²) in [6, 6.07) is 6.65. The molecule has 0 bridgehead atoms. The molecular formula is C16H17BrO7. The Bertz CT molecular complexity index is 669. The van der Waals surface area contributed by atoms with Crippen LogP contribution in [0.15, 0.2) is 34.9 Å². The van der Waals surface area contributed by atoms with Crippen molar-refractivity contribution in [2.45, 2.75) is 4.83 Å². The third-order valence-corrected chi connectivity index (χ3v) is 3.92. The van der Waals surface area contributed by atoms with Crippen molar-refractivity contribution in [3.63, 3.8) is 0 Å². The van der Waals surface area contributed by atoms with E-state index in [-0.39, 0.29) is 13.6 Å². The van der Waals surface area contributed by atoms with E-state index in [4.69, 9.17) is 23.4 Å². The van der Waals surface area contributed by atoms with Crippen LogP contribution in [0, 0.1) is 0 Å². The minimum Gasteiger partial charge on any atom is -0.480 e. The molecular weight excluding hydrogens is 384 g/mol. The van der Waals surface area contributed by atoms with Crippen molar-refractivity contribution in [2.75, 3.05) is 27.8 Å². The lowest BCUT2D eigenvalue weighted by Crippen LogP contribution is -2.09. The molecule has 1 aromatic heterocycles. The summed E-state index contributed by atoms with van der Waals surface area (Å²) < 4.78 is 26.3. The van der Waals surface area contributed by atoms with Gasteiger partial charge in [0.15, 0.2) is 13.6 Å². The minimum absolute atomic E-state index is 0.0130. The molecule has 0 aliphatic rings. The lowest BCUT2D eigenvalue weighted by atomic mass is 10.0. The minimum atomic E-state index is -1.05. The van der Waals surface area contributed by atoms with Crippen molar-refractivity contribution in [1.29, 1.82) is 0 Å². The zero-order chi connectivity index (χ0) is 17.5. The Balaban J connectivity index is 2.59. The van der Waals surface area contributed by atoms with Gasteiger partial charge in [-0.15, -0.1) is 0 Å². The van der Waals surface area contributed by atoms with Crippen molar-refractivity contribution in [2.24, 2.45) is 0 Å². The van der Waals surface area contributed by atoms with Crippen molar-refractivity contribution in [1.82, 2.24) is 0 Å². The van der Waals surface area contributed by atoms with Crippen LogP contribution in [0.25, 0.3) is 11.3 Å². The topological polar surface area (TPSA) is 87.4 Å². The third kappa shape index (κ3) is 4.28. The highest BCUT2D eigenvalue weighted by Gasteiger charge is 2.26. The summed E-state index contributed by atoms with van der Waals surface area (Å²) in [5, 5.41) is 9.38. The second-order valence-corrected chi connectivity index (χ2v) is 5.58. The molecule has 7 nitrogen and oxygen atoms in total. The van der Waals surface area contributed by atoms with Gasteiger partial charge in [0, 0.05) is 20.3 Å². The van der Waals surface area contributed by atoms with Crippen LogP contribution < -0.4 is 9.47 Å². The highest BCUT2D eigenvalue weighted by atomic mass is 79.9. The first kappa shape index (κ1) is 18.3. The fourth-order valence-corrected chi connectivity index (χ4v) is 2.44. The number of hydrogen-bond donors (Lipinski definition) is 1. The van der Waals surface area contributed by atoms with Crippen LogP contribution in [0.2, 0.25) is 0 Å². The van der Waals surface area contributed by atoms with E-state index < -0.39 is 10.8 Å². The predicted molar refractivity (Wildman–Crippen MR) is 88.5 cm³/mol. The average Bonchev–Trinajstić information content (AvgIpc) is 3.10. The molecule has 2 aromatic rings. The smallest absolute Gasteiger partial charge is 0.321 e. The molecule has 0 spiro atoms. The number of furan rings is 1. The molecule has 1 unspecified atom stereocenters. The van der Waals surface area contributed by atoms with E-state index in [9.17, 15) is 9.90 Å². The summed E-state index contributed by atoms with van der Waals surface area (Å²) in [7, 11) is 2.98. The zero-order valence-electron chi connectivity index (χ0n) is 13.2. The average molecular weight is 401 g/mol. The van der Waals surface area contributed by atoms with Crippen molar-refractivity contribution in [3.05, 3.63) is 36.1 Å². The SMILES string of the molecule is COCOc1cc(OCOC)c(-c2ccco2)c(C(Br)C(=O)O)c1. The van der Waals surface area contributed by atoms with E-state index in [2.05, 4.69) is 15.9 Å². The first-order valence-corrected chi connectivity index (χ1v) is 7.82. The van der Waals surface area contributed by atoms with E-state index in [0.29, 0.717) is 28.4 Å². The molecule has 1 aromatic carbocycles. The largest absolute Gasteiger partial charge is 0.480 e. The van der Waals surface area contributed by atoms with Gasteiger partial charge in [0.2, 0.25) is 0 Å². The number of aliphatic carboxylic acids is 1. The first-order valence-electron chi connectivity index (χ1n) is 6.90. The standard InChI is InChI=1S/C16H17BrO7/c1-20-8-23-10-6-11(15(17)16(18)19)14(12-4-3-5-22-12)13(7-10)24-9-21-2/h3-7,15H,8-9H2,1-2H3,(H,18,19). The molecule has 24 heavy (non-hydrogen) atoms. The van der Waals surface area contributed by atoms with E-state index in [1.54, 1.807) is 24.3 Å². The van der Waals surface area contributed by atoms with Gasteiger partial charge >= 0.3 is 5.97 Å². The van der Waals surface area contributed by atoms with Crippen LogP contribution in [-0.2, 0) is 14.3 Å². The fourth-order valence-electron chi connectivity index (χ4n) is 2.07. The molecule has 0 saturated heterocycles. The number of rotatable bonds is 9. The molecule has 0 radical (unpaired) electrons. The molecule has 0 aliphatic carbocycles. The molecule has 2 rings (SSSR count). The van der Waals surface area contributed by atoms with Crippen molar-refractivity contribution < 1.29 is 33.3 Å². The second-order valence-electron chi connectivity index (χ2n) is 4.67. The van der Waals surface area contributed by atoms with E-state index in [1.165, 1.54) is 20.5 Å². The maximum absolute atomic E-state index is 11.5. The molecule has 1 heterocycles. The monoisotopic (exact) mass is 400 g/mol. The Morgan fingerprint density at radius 2 is 1.96 bits per heavy atom. The third-order valence-electron chi connectivity index (χ3n) is 3.04. The summed E-state index contributed by atoms with van der Waals surface area (Å²) in [5.41, 5.74) is 0.934. The molecule has 1 atom stereocenters. The van der Waals surface area contributed by atoms with Gasteiger partial charge in [0.1, 0.15) is 22.1 Å². The molecule has 130 valence electrons. The predicted octanol–water partition coefficient (Wildman–Crippen LogP) is 3.43. The van der Waals surface area contributed by atoms with Crippen LogP contribution in [0.5, 0.6) is 11.5 Å². The molecule has 0 fully saturated rings. The molecule has 0 aliphatic heterocycles. The fraction of sp³-hybridized carbons (Fsp3) is 0.312. The maximum Gasteiger partial charge on any atom is 0.321 e. The number of ether oxygens (including phenoxy) is 4. The van der Waals surface area contributed by atoms with Gasteiger partial charge in [-0.2, -0.15) is 0 Å². The van der Waals surface area contributed by atoms with Crippen LogP contribution in [-0.4, -0.2) is 38.9 Å². The first-order chi connectivity index (χ1) is 11.6. The van der Waals surface area contributed by atoms with Crippen molar-refractivity contribution in [3.8, 4) is 22.8 Å². The summed E-state index contributed by atoms with van der Waals surface area (Å²) in [4.78, 5) is 10.5. The van der Waals surface area contributed by atoms with Crippen LogP contribution in [0.1, 0.15) is 10.4 Å². The van der Waals surface area contributed by atoms with Gasteiger partial charge < -0.3 is 28.5 Å². The summed E-state index contributed by atoms with van der Waals surface area (Å²) >= 11 is 3.18. The molecule has 1 N–H and O–H groups in total. The highest BCUT2D eigenvalue weighted by Crippen LogP contribution is 2.42. The van der Waals surface area contributed by atoms with Gasteiger partial charge in [-0.1, -0.05) is 15.9 Å². The van der Waals surface area contributed by atoms with E-state index in [1.807, 2.05) is 0 Å². The number of hydrogen-bond acceptors (Lipinski definition) is 6. The number of benzene rings is 1. The number of halogens is 1. The Labute approximate surface area is 147 Å². The lowest BCUT2D eigenvalue weighted by molar-refractivity contribution is -0.136. The van der Waals surface area contributed by atoms with Gasteiger partial charge in [-0.3, -0.25) is 4.79 Å². The number of methoxy groups -OCH3 is 2. The number of carboxylic acids is 1. The highest BCUT2D eigenvalue weighted by molar-refractivity contribution is 9.09. The van der Waals surface area contributed by atoms with Gasteiger partial charge in [0.25, 0.3) is 0 Å². The van der Waals surface area contributed by atoms with Crippen molar-refractivity contribution >= 4 is 21.9 Å². The van der Waals surface area contributed by atoms with E-state index in [0.717, 1.165) is 0 Å². The quantitative estimate of drug-likeness (QED) is 0.509. The number of carbonyl (C=O) groups is 1. The summed E-state index contributed by atoms with van der Waals surface area (Å²) in [6.45, 7) is 0.00415. The summed E-state index contributed by atoms with van der Waals surface area (Å²) in [6.07, 6.45) is 1.50. The van der Waals surface area contributed by atoms with Gasteiger partial charge in [-0.25, -0.2) is 0 Å². The second kappa shape index (κ2) is 8.72. The Morgan fingerprint density at radius 1 is 1.25 bits per heavy atom. The molecule has 0 saturated carbocycles. The lowest BCUT2D eigenvalue weighted by Gasteiger charge is -2.18. The number of carboxylic acid groups (broad SMARTS) is 1. The Hall–Kier alpha value is -2.03. The van der Waals surface area contributed by atoms with Crippen LogP contribution >= 0.6 is 15.9 Å². The molecule has 8 heteroatoms. The van der Waals surface area contributed by atoms with E-state index >= 15 is 0 Å². The van der Waals surface area contributed by atoms with Crippen LogP contribution in [0.3, 0.4) is 0 Å². The Morgan fingerprint density at radius 3 is 2.54 bits per heavy atom. The van der Waals surface area contributed by atoms with Gasteiger partial charge in [-0.05, 0) is 23.8 Å². The summed E-state index contributed by atoms with van der Waals surface area (Å²) in [5.74, 6) is 0.199. The van der Waals surface area contributed by atoms with Gasteiger partial charge in [0.05, 0.1) is 11.8 Å².